The van der Waals surface area contributed by atoms with E-state index < -0.39 is 5.43 Å². The van der Waals surface area contributed by atoms with Crippen molar-refractivity contribution in [2.75, 3.05) is 13.7 Å². The second-order valence-electron chi connectivity index (χ2n) is 1.95. The monoisotopic (exact) mass is 166 g/mol. The number of halogens is 1. The Bertz CT molecular complexity index is 105. The zero-order valence-electron chi connectivity index (χ0n) is 6.09. The van der Waals surface area contributed by atoms with Crippen molar-refractivity contribution in [3.63, 3.8) is 0 Å². The number of carbonyl (C=O) groups excluding carboxylic acids is 1. The first kappa shape index (κ1) is 9.72. The van der Waals surface area contributed by atoms with Gasteiger partial charge in [0.1, 0.15) is 6.10 Å². The van der Waals surface area contributed by atoms with Crippen molar-refractivity contribution in [1.82, 2.24) is 0 Å². The van der Waals surface area contributed by atoms with Crippen LogP contribution in [0.4, 0.5) is 4.79 Å². The maximum atomic E-state index is 10.1. The number of carbonyl (C=O) groups is 1. The van der Waals surface area contributed by atoms with E-state index in [1.165, 1.54) is 0 Å². The second-order valence-corrected chi connectivity index (χ2v) is 2.26. The summed E-state index contributed by atoms with van der Waals surface area (Å²) >= 11 is 4.95. The number of rotatable bonds is 4. The summed E-state index contributed by atoms with van der Waals surface area (Å²) in [6.45, 7) is 2.34. The Morgan fingerprint density at radius 1 is 1.70 bits per heavy atom. The number of ether oxygens (including phenoxy) is 2. The summed E-state index contributed by atoms with van der Waals surface area (Å²) in [4.78, 5) is 10.1. The van der Waals surface area contributed by atoms with Gasteiger partial charge in [-0.3, -0.25) is 0 Å². The van der Waals surface area contributed by atoms with Gasteiger partial charge in [0.2, 0.25) is 0 Å². The Morgan fingerprint density at radius 2 is 2.30 bits per heavy atom. The molecule has 3 nitrogen and oxygen atoms in total. The Kier molecular flexibility index (Phi) is 5.35. The summed E-state index contributed by atoms with van der Waals surface area (Å²) in [6.07, 6.45) is 0.513. The largest absolute Gasteiger partial charge is 0.451 e. The average molecular weight is 167 g/mol. The molecule has 60 valence electrons. The molecule has 0 saturated heterocycles. The lowest BCUT2D eigenvalue weighted by Gasteiger charge is -2.08. The third kappa shape index (κ3) is 5.85. The second kappa shape index (κ2) is 5.50. The van der Waals surface area contributed by atoms with E-state index in [0.717, 1.165) is 0 Å². The van der Waals surface area contributed by atoms with E-state index in [9.17, 15) is 4.79 Å². The third-order valence-electron chi connectivity index (χ3n) is 1.02. The third-order valence-corrected chi connectivity index (χ3v) is 1.11. The molecule has 0 spiro atoms. The minimum atomic E-state index is -0.761. The molecule has 0 aromatic heterocycles. The molecule has 0 N–H and O–H groups in total. The van der Waals surface area contributed by atoms with Crippen LogP contribution in [0.3, 0.4) is 0 Å². The molecule has 0 unspecified atom stereocenters. The fourth-order valence-corrected chi connectivity index (χ4v) is 0.653. The van der Waals surface area contributed by atoms with Crippen LogP contribution in [0.15, 0.2) is 0 Å². The minimum Gasteiger partial charge on any atom is -0.451 e. The average Bonchev–Trinajstić information content (AvgIpc) is 1.82. The molecular formula is C6H11ClO3. The van der Waals surface area contributed by atoms with E-state index in [1.54, 1.807) is 14.0 Å². The van der Waals surface area contributed by atoms with Crippen LogP contribution in [0, 0.1) is 0 Å². The zero-order chi connectivity index (χ0) is 7.98. The quantitative estimate of drug-likeness (QED) is 0.598. The van der Waals surface area contributed by atoms with Crippen LogP contribution in [0.2, 0.25) is 0 Å². The van der Waals surface area contributed by atoms with Gasteiger partial charge in [0.15, 0.2) is 0 Å². The first-order valence-electron chi connectivity index (χ1n) is 3.02. The molecule has 0 heterocycles. The van der Waals surface area contributed by atoms with E-state index in [0.29, 0.717) is 13.0 Å². The van der Waals surface area contributed by atoms with Crippen LogP contribution >= 0.6 is 11.6 Å². The molecule has 0 rings (SSSR count). The lowest BCUT2D eigenvalue weighted by atomic mass is 10.3. The Morgan fingerprint density at radius 3 is 2.70 bits per heavy atom. The molecule has 1 atom stereocenters. The SMILES string of the molecule is COCC[C@@H](C)OC(=O)Cl. The van der Waals surface area contributed by atoms with Crippen molar-refractivity contribution in [2.45, 2.75) is 19.4 Å². The molecule has 0 bridgehead atoms. The highest BCUT2D eigenvalue weighted by atomic mass is 35.5. The number of hydrogen-bond acceptors (Lipinski definition) is 3. The first-order valence-corrected chi connectivity index (χ1v) is 3.39. The fourth-order valence-electron chi connectivity index (χ4n) is 0.501. The van der Waals surface area contributed by atoms with E-state index in [1.807, 2.05) is 0 Å². The van der Waals surface area contributed by atoms with Crippen LogP contribution in [-0.4, -0.2) is 25.2 Å². The van der Waals surface area contributed by atoms with Crippen LogP contribution in [-0.2, 0) is 9.47 Å². The summed E-state index contributed by atoms with van der Waals surface area (Å²) in [5.41, 5.74) is -0.761. The zero-order valence-corrected chi connectivity index (χ0v) is 6.85. The fraction of sp³-hybridized carbons (Fsp3) is 0.833. The Hall–Kier alpha value is -0.280. The standard InChI is InChI=1S/C6H11ClO3/c1-5(3-4-9-2)10-6(7)8/h5H,3-4H2,1-2H3/t5-/m1/s1. The molecular weight excluding hydrogens is 156 g/mol. The summed E-state index contributed by atoms with van der Waals surface area (Å²) in [5, 5.41) is 0. The van der Waals surface area contributed by atoms with Crippen molar-refractivity contribution in [3.8, 4) is 0 Å². The predicted molar refractivity (Wildman–Crippen MR) is 38.3 cm³/mol. The van der Waals surface area contributed by atoms with E-state index in [2.05, 4.69) is 4.74 Å². The van der Waals surface area contributed by atoms with Gasteiger partial charge in [0.25, 0.3) is 0 Å². The Balaban J connectivity index is 3.25. The maximum absolute atomic E-state index is 10.1. The van der Waals surface area contributed by atoms with Gasteiger partial charge in [-0.1, -0.05) is 0 Å². The van der Waals surface area contributed by atoms with Crippen LogP contribution < -0.4 is 0 Å². The summed E-state index contributed by atoms with van der Waals surface area (Å²) < 4.78 is 9.36. The van der Waals surface area contributed by atoms with Gasteiger partial charge in [-0.2, -0.15) is 0 Å². The van der Waals surface area contributed by atoms with Gasteiger partial charge in [0, 0.05) is 31.7 Å². The lowest BCUT2D eigenvalue weighted by molar-refractivity contribution is 0.0978. The number of hydrogen-bond donors (Lipinski definition) is 0. The van der Waals surface area contributed by atoms with Crippen LogP contribution in [0.1, 0.15) is 13.3 Å². The first-order chi connectivity index (χ1) is 4.66. The van der Waals surface area contributed by atoms with Crippen molar-refractivity contribution in [3.05, 3.63) is 0 Å². The van der Waals surface area contributed by atoms with Crippen molar-refractivity contribution in [1.29, 1.82) is 0 Å². The normalized spacial score (nSPS) is 12.7. The molecule has 0 aliphatic carbocycles. The predicted octanol–water partition coefficient (Wildman–Crippen LogP) is 1.79. The van der Waals surface area contributed by atoms with Gasteiger partial charge < -0.3 is 9.47 Å². The molecule has 0 aromatic carbocycles. The highest BCUT2D eigenvalue weighted by Gasteiger charge is 2.04. The molecule has 0 aliphatic rings. The van der Waals surface area contributed by atoms with Crippen LogP contribution in [0.25, 0.3) is 0 Å². The molecule has 0 aromatic rings. The molecule has 0 aliphatic heterocycles. The minimum absolute atomic E-state index is 0.162. The van der Waals surface area contributed by atoms with Crippen molar-refractivity contribution in [2.24, 2.45) is 0 Å². The summed E-state index contributed by atoms with van der Waals surface area (Å²) in [7, 11) is 1.59. The highest BCUT2D eigenvalue weighted by Crippen LogP contribution is 2.00. The Labute approximate surface area is 65.3 Å². The summed E-state index contributed by atoms with van der Waals surface area (Å²) in [5.74, 6) is 0. The van der Waals surface area contributed by atoms with Crippen molar-refractivity contribution < 1.29 is 14.3 Å². The molecule has 10 heavy (non-hydrogen) atoms. The van der Waals surface area contributed by atoms with E-state index in [4.69, 9.17) is 16.3 Å². The maximum Gasteiger partial charge on any atom is 0.404 e. The van der Waals surface area contributed by atoms with Crippen molar-refractivity contribution >= 4 is 17.0 Å². The van der Waals surface area contributed by atoms with Crippen LogP contribution in [0.5, 0.6) is 0 Å². The summed E-state index contributed by atoms with van der Waals surface area (Å²) in [6, 6.07) is 0. The van der Waals surface area contributed by atoms with Gasteiger partial charge in [-0.25, -0.2) is 4.79 Å². The van der Waals surface area contributed by atoms with Gasteiger partial charge in [-0.05, 0) is 6.92 Å². The van der Waals surface area contributed by atoms with Gasteiger partial charge in [0.05, 0.1) is 0 Å². The highest BCUT2D eigenvalue weighted by molar-refractivity contribution is 6.61. The van der Waals surface area contributed by atoms with E-state index >= 15 is 0 Å². The topological polar surface area (TPSA) is 35.5 Å². The lowest BCUT2D eigenvalue weighted by Crippen LogP contribution is -2.12. The molecule has 0 saturated carbocycles. The number of methoxy groups -OCH3 is 1. The van der Waals surface area contributed by atoms with Gasteiger partial charge in [-0.15, -0.1) is 0 Å². The van der Waals surface area contributed by atoms with E-state index in [-0.39, 0.29) is 6.10 Å². The smallest absolute Gasteiger partial charge is 0.404 e. The van der Waals surface area contributed by atoms with Gasteiger partial charge >= 0.3 is 5.43 Å². The molecule has 0 radical (unpaired) electrons. The molecule has 0 fully saturated rings. The molecule has 4 heteroatoms. The molecule has 0 amide bonds.